The van der Waals surface area contributed by atoms with Crippen molar-refractivity contribution in [1.29, 1.82) is 0 Å². The molecule has 0 radical (unpaired) electrons. The number of nitrogens with zero attached hydrogens (tertiary/aromatic N) is 1. The van der Waals surface area contributed by atoms with E-state index in [1.165, 1.54) is 0 Å². The minimum atomic E-state index is -0.715. The molecule has 1 amide bonds. The molecule has 4 rings (SSSR count). The fraction of sp³-hybridized carbons (Fsp3) is 0.440. The Balaban J connectivity index is 1.76. The van der Waals surface area contributed by atoms with Crippen molar-refractivity contribution in [3.63, 3.8) is 0 Å². The van der Waals surface area contributed by atoms with Crippen molar-refractivity contribution >= 4 is 17.4 Å². The molecule has 1 aliphatic heterocycles. The Morgan fingerprint density at radius 3 is 2.42 bits per heavy atom. The number of benzene rings is 1. The Morgan fingerprint density at radius 2 is 1.81 bits per heavy atom. The Kier molecular flexibility index (Phi) is 6.16. The normalized spacial score (nSPS) is 21.6. The third kappa shape index (κ3) is 4.11. The van der Waals surface area contributed by atoms with Crippen LogP contribution in [0.2, 0.25) is 0 Å². The van der Waals surface area contributed by atoms with Gasteiger partial charge < -0.3 is 19.2 Å². The number of rotatable bonds is 6. The highest BCUT2D eigenvalue weighted by molar-refractivity contribution is 6.46. The number of aryl methyl sites for hydroxylation is 1. The van der Waals surface area contributed by atoms with Crippen LogP contribution in [-0.2, 0) is 9.59 Å². The molecule has 1 aromatic carbocycles. The van der Waals surface area contributed by atoms with Crippen LogP contribution in [0.5, 0.6) is 5.75 Å². The lowest BCUT2D eigenvalue weighted by atomic mass is 9.92. The summed E-state index contributed by atoms with van der Waals surface area (Å²) in [6.45, 7) is 4.46. The summed E-state index contributed by atoms with van der Waals surface area (Å²) in [5.74, 6) is 0.495. The first-order valence-corrected chi connectivity index (χ1v) is 11.1. The zero-order chi connectivity index (χ0) is 22.0. The molecule has 1 N–H and O–H groups in total. The lowest BCUT2D eigenvalue weighted by Gasteiger charge is -2.34. The number of carbonyl (C=O) groups is 2. The van der Waals surface area contributed by atoms with Crippen molar-refractivity contribution in [3.8, 4) is 5.75 Å². The summed E-state index contributed by atoms with van der Waals surface area (Å²) in [7, 11) is 0. The van der Waals surface area contributed by atoms with Crippen LogP contribution < -0.4 is 4.74 Å². The van der Waals surface area contributed by atoms with Gasteiger partial charge in [0.05, 0.1) is 12.2 Å². The molecule has 2 aromatic rings. The molecule has 0 bridgehead atoms. The van der Waals surface area contributed by atoms with Gasteiger partial charge in [-0.25, -0.2) is 0 Å². The second kappa shape index (κ2) is 9.00. The topological polar surface area (TPSA) is 80.0 Å². The van der Waals surface area contributed by atoms with E-state index >= 15 is 0 Å². The molecule has 0 spiro atoms. The number of furan rings is 1. The molecule has 6 nitrogen and oxygen atoms in total. The van der Waals surface area contributed by atoms with Gasteiger partial charge in [0, 0.05) is 11.6 Å². The lowest BCUT2D eigenvalue weighted by Crippen LogP contribution is -2.40. The quantitative estimate of drug-likeness (QED) is 0.396. The number of ketones is 1. The zero-order valence-corrected chi connectivity index (χ0v) is 18.1. The highest BCUT2D eigenvalue weighted by atomic mass is 16.5. The van der Waals surface area contributed by atoms with Crippen molar-refractivity contribution < 1.29 is 23.8 Å². The van der Waals surface area contributed by atoms with Gasteiger partial charge in [0.25, 0.3) is 11.7 Å². The monoisotopic (exact) mass is 423 g/mol. The van der Waals surface area contributed by atoms with Crippen molar-refractivity contribution in [1.82, 2.24) is 4.90 Å². The van der Waals surface area contributed by atoms with Gasteiger partial charge in [0.15, 0.2) is 0 Å². The van der Waals surface area contributed by atoms with Crippen LogP contribution in [0.3, 0.4) is 0 Å². The molecular weight excluding hydrogens is 394 g/mol. The van der Waals surface area contributed by atoms with Crippen LogP contribution in [0.1, 0.15) is 68.6 Å². The van der Waals surface area contributed by atoms with Gasteiger partial charge in [0.1, 0.15) is 29.1 Å². The summed E-state index contributed by atoms with van der Waals surface area (Å²) in [5.41, 5.74) is 0.561. The number of carbonyl (C=O) groups excluding carboxylic acids is 2. The summed E-state index contributed by atoms with van der Waals surface area (Å²) < 4.78 is 11.5. The third-order valence-electron chi connectivity index (χ3n) is 6.08. The average Bonchev–Trinajstić information content (AvgIpc) is 3.33. The second-order valence-electron chi connectivity index (χ2n) is 8.32. The zero-order valence-electron chi connectivity index (χ0n) is 18.1. The molecule has 1 atom stereocenters. The molecule has 1 saturated heterocycles. The maximum Gasteiger partial charge on any atom is 0.296 e. The molecule has 31 heavy (non-hydrogen) atoms. The summed E-state index contributed by atoms with van der Waals surface area (Å²) in [4.78, 5) is 27.8. The van der Waals surface area contributed by atoms with E-state index in [2.05, 4.69) is 0 Å². The summed E-state index contributed by atoms with van der Waals surface area (Å²) in [5, 5.41) is 11.1. The van der Waals surface area contributed by atoms with E-state index in [9.17, 15) is 14.7 Å². The van der Waals surface area contributed by atoms with E-state index < -0.39 is 17.7 Å². The maximum absolute atomic E-state index is 13.1. The Bertz CT molecular complexity index is 982. The van der Waals surface area contributed by atoms with Crippen LogP contribution in [0.25, 0.3) is 5.76 Å². The average molecular weight is 424 g/mol. The molecule has 2 aliphatic rings. The number of amides is 1. The van der Waals surface area contributed by atoms with Gasteiger partial charge in [-0.1, -0.05) is 26.2 Å². The van der Waals surface area contributed by atoms with E-state index in [0.29, 0.717) is 29.4 Å². The van der Waals surface area contributed by atoms with Crippen molar-refractivity contribution in [3.05, 3.63) is 59.1 Å². The molecule has 2 heterocycles. The molecule has 1 aliphatic carbocycles. The minimum absolute atomic E-state index is 0.0317. The first-order valence-electron chi connectivity index (χ1n) is 11.1. The van der Waals surface area contributed by atoms with Gasteiger partial charge >= 0.3 is 0 Å². The Morgan fingerprint density at radius 1 is 1.10 bits per heavy atom. The molecular formula is C25H29NO5. The molecule has 1 unspecified atom stereocenters. The number of ether oxygens (including phenoxy) is 1. The van der Waals surface area contributed by atoms with E-state index in [1.54, 1.807) is 35.2 Å². The summed E-state index contributed by atoms with van der Waals surface area (Å²) >= 11 is 0. The fourth-order valence-electron chi connectivity index (χ4n) is 4.55. The van der Waals surface area contributed by atoms with Crippen LogP contribution in [0, 0.1) is 6.92 Å². The van der Waals surface area contributed by atoms with Crippen LogP contribution in [0.15, 0.2) is 46.4 Å². The summed E-state index contributed by atoms with van der Waals surface area (Å²) in [6, 6.07) is 9.79. The number of aliphatic hydroxyl groups is 1. The van der Waals surface area contributed by atoms with E-state index in [-0.39, 0.29) is 17.4 Å². The lowest BCUT2D eigenvalue weighted by molar-refractivity contribution is -0.142. The van der Waals surface area contributed by atoms with Gasteiger partial charge in [-0.05, 0) is 62.6 Å². The smallest absolute Gasteiger partial charge is 0.296 e. The van der Waals surface area contributed by atoms with E-state index in [0.717, 1.165) is 38.5 Å². The summed E-state index contributed by atoms with van der Waals surface area (Å²) in [6.07, 6.45) is 5.79. The van der Waals surface area contributed by atoms with Crippen molar-refractivity contribution in [2.75, 3.05) is 6.61 Å². The Hall–Kier alpha value is -3.02. The molecule has 1 aromatic heterocycles. The number of likely N-dealkylation sites (tertiary alicyclic amines) is 1. The minimum Gasteiger partial charge on any atom is -0.507 e. The van der Waals surface area contributed by atoms with Crippen LogP contribution in [-0.4, -0.2) is 34.3 Å². The SMILES string of the molecule is CCCOc1ccc(/C(O)=C2/C(=O)C(=O)N(C3CCCCC3)C2c2ccc(C)o2)cc1. The van der Waals surface area contributed by atoms with E-state index in [1.807, 2.05) is 19.9 Å². The number of Topliss-reactive ketones (excluding diaryl/α,β-unsaturated/α-hetero) is 1. The molecule has 164 valence electrons. The highest BCUT2D eigenvalue weighted by Crippen LogP contribution is 2.43. The first-order chi connectivity index (χ1) is 15.0. The Labute approximate surface area is 182 Å². The molecule has 6 heteroatoms. The highest BCUT2D eigenvalue weighted by Gasteiger charge is 2.50. The second-order valence-corrected chi connectivity index (χ2v) is 8.32. The van der Waals surface area contributed by atoms with Gasteiger partial charge in [-0.3, -0.25) is 9.59 Å². The number of aliphatic hydroxyl groups excluding tert-OH is 1. The van der Waals surface area contributed by atoms with Crippen molar-refractivity contribution in [2.24, 2.45) is 0 Å². The fourth-order valence-corrected chi connectivity index (χ4v) is 4.55. The predicted octanol–water partition coefficient (Wildman–Crippen LogP) is 5.13. The molecule has 1 saturated carbocycles. The van der Waals surface area contributed by atoms with Gasteiger partial charge in [-0.15, -0.1) is 0 Å². The van der Waals surface area contributed by atoms with Crippen LogP contribution >= 0.6 is 0 Å². The third-order valence-corrected chi connectivity index (χ3v) is 6.08. The number of hydrogen-bond donors (Lipinski definition) is 1. The predicted molar refractivity (Wildman–Crippen MR) is 117 cm³/mol. The standard InChI is InChI=1S/C25H29NO5/c1-3-15-30-19-12-10-17(11-13-19)23(27)21-22(20-14-9-16(2)31-20)26(25(29)24(21)28)18-7-5-4-6-8-18/h9-14,18,22,27H,3-8,15H2,1-2H3/b23-21-. The number of hydrogen-bond acceptors (Lipinski definition) is 5. The van der Waals surface area contributed by atoms with Gasteiger partial charge in [0.2, 0.25) is 0 Å². The molecule has 2 fully saturated rings. The maximum atomic E-state index is 13.1. The first kappa shape index (κ1) is 21.2. The van der Waals surface area contributed by atoms with Gasteiger partial charge in [-0.2, -0.15) is 0 Å². The van der Waals surface area contributed by atoms with E-state index in [4.69, 9.17) is 9.15 Å². The largest absolute Gasteiger partial charge is 0.507 e. The van der Waals surface area contributed by atoms with Crippen molar-refractivity contribution in [2.45, 2.75) is 64.5 Å². The van der Waals surface area contributed by atoms with Crippen LogP contribution in [0.4, 0.5) is 0 Å².